The van der Waals surface area contributed by atoms with Crippen LogP contribution in [-0.4, -0.2) is 19.5 Å². The average molecular weight is 310 g/mol. The normalized spacial score (nSPS) is 13.5. The molecule has 1 aromatic rings. The molecular weight excluding hydrogens is 305 g/mol. The minimum absolute atomic E-state index is 0.182. The van der Waals surface area contributed by atoms with Gasteiger partial charge in [0.25, 0.3) is 0 Å². The van der Waals surface area contributed by atoms with Gasteiger partial charge in [-0.1, -0.05) is 11.6 Å². The standard InChI is InChI=1S/C10H5ClF7O/c1-19-7-3-2-5(11)4-6(7)8(12,9(13,14)15)10(16,17)18/h3-4H,1H3. The van der Waals surface area contributed by atoms with Crippen LogP contribution in [0.15, 0.2) is 12.1 Å². The van der Waals surface area contributed by atoms with Gasteiger partial charge in [-0.3, -0.25) is 0 Å². The van der Waals surface area contributed by atoms with E-state index in [-0.39, 0.29) is 6.07 Å². The zero-order valence-corrected chi connectivity index (χ0v) is 9.84. The predicted octanol–water partition coefficient (Wildman–Crippen LogP) is 4.44. The molecule has 0 spiro atoms. The summed E-state index contributed by atoms with van der Waals surface area (Å²) < 4.78 is 93.3. The van der Waals surface area contributed by atoms with Gasteiger partial charge in [-0.15, -0.1) is 0 Å². The van der Waals surface area contributed by atoms with Crippen molar-refractivity contribution < 1.29 is 35.5 Å². The molecule has 0 aliphatic carbocycles. The molecule has 1 aromatic carbocycles. The Labute approximate surface area is 107 Å². The first-order chi connectivity index (χ1) is 8.45. The SMILES string of the molecule is COc1c[c]c(Cl)cc1C(F)(C(F)(F)F)C(F)(F)F. The van der Waals surface area contributed by atoms with E-state index in [0.717, 1.165) is 7.11 Å². The van der Waals surface area contributed by atoms with E-state index in [1.54, 1.807) is 0 Å². The van der Waals surface area contributed by atoms with Crippen molar-refractivity contribution in [1.82, 2.24) is 0 Å². The summed E-state index contributed by atoms with van der Waals surface area (Å²) in [4.78, 5) is 0. The maximum Gasteiger partial charge on any atom is 0.436 e. The Morgan fingerprint density at radius 2 is 1.53 bits per heavy atom. The number of alkyl halides is 7. The maximum absolute atomic E-state index is 13.8. The van der Waals surface area contributed by atoms with E-state index in [1.165, 1.54) is 0 Å². The minimum Gasteiger partial charge on any atom is -0.496 e. The van der Waals surface area contributed by atoms with Crippen molar-refractivity contribution in [3.05, 3.63) is 28.8 Å². The highest BCUT2D eigenvalue weighted by Crippen LogP contribution is 2.55. The molecule has 0 fully saturated rings. The summed E-state index contributed by atoms with van der Waals surface area (Å²) in [5, 5.41) is -0.605. The lowest BCUT2D eigenvalue weighted by molar-refractivity contribution is -0.349. The molecule has 0 amide bonds. The van der Waals surface area contributed by atoms with Crippen LogP contribution in [0.25, 0.3) is 0 Å². The minimum atomic E-state index is -6.22. The van der Waals surface area contributed by atoms with Gasteiger partial charge in [-0.2, -0.15) is 26.3 Å². The van der Waals surface area contributed by atoms with Crippen molar-refractivity contribution >= 4 is 11.6 Å². The van der Waals surface area contributed by atoms with Crippen LogP contribution in [0.3, 0.4) is 0 Å². The van der Waals surface area contributed by atoms with E-state index < -0.39 is 34.4 Å². The van der Waals surface area contributed by atoms with Crippen LogP contribution < -0.4 is 4.74 Å². The van der Waals surface area contributed by atoms with E-state index in [9.17, 15) is 30.7 Å². The third-order valence-corrected chi connectivity index (χ3v) is 2.47. The Hall–Kier alpha value is -1.18. The summed E-state index contributed by atoms with van der Waals surface area (Å²) in [5.74, 6) is -0.957. The van der Waals surface area contributed by atoms with Gasteiger partial charge in [0.15, 0.2) is 0 Å². The van der Waals surface area contributed by atoms with Gasteiger partial charge >= 0.3 is 18.0 Å². The average Bonchev–Trinajstić information content (AvgIpc) is 2.24. The van der Waals surface area contributed by atoms with Crippen LogP contribution in [0, 0.1) is 6.07 Å². The van der Waals surface area contributed by atoms with E-state index in [4.69, 9.17) is 11.6 Å². The molecule has 107 valence electrons. The highest BCUT2D eigenvalue weighted by molar-refractivity contribution is 6.30. The van der Waals surface area contributed by atoms with Crippen LogP contribution in [-0.2, 0) is 5.67 Å². The summed E-state index contributed by atoms with van der Waals surface area (Å²) in [7, 11) is 0.799. The number of halogens is 8. The maximum atomic E-state index is 13.8. The van der Waals surface area contributed by atoms with Gasteiger partial charge in [-0.05, 0) is 12.1 Å². The van der Waals surface area contributed by atoms with Crippen molar-refractivity contribution in [2.75, 3.05) is 7.11 Å². The summed E-state index contributed by atoms with van der Waals surface area (Å²) >= 11 is 5.27. The molecule has 0 aliphatic heterocycles. The first-order valence-corrected chi connectivity index (χ1v) is 4.91. The molecule has 0 atom stereocenters. The molecule has 9 heteroatoms. The Kier molecular flexibility index (Phi) is 3.96. The molecule has 0 aliphatic rings. The fourth-order valence-corrected chi connectivity index (χ4v) is 1.52. The second-order valence-corrected chi connectivity index (χ2v) is 3.82. The highest BCUT2D eigenvalue weighted by Gasteiger charge is 2.74. The molecule has 0 N–H and O–H groups in total. The predicted molar refractivity (Wildman–Crippen MR) is 51.7 cm³/mol. The molecule has 0 unspecified atom stereocenters. The third-order valence-electron chi connectivity index (χ3n) is 2.25. The Morgan fingerprint density at radius 3 is 1.89 bits per heavy atom. The molecule has 19 heavy (non-hydrogen) atoms. The summed E-state index contributed by atoms with van der Waals surface area (Å²) in [6.07, 6.45) is -12.4. The van der Waals surface area contributed by atoms with Gasteiger partial charge in [0.05, 0.1) is 12.7 Å². The Bertz CT molecular complexity index is 452. The number of ether oxygens (including phenoxy) is 1. The second kappa shape index (κ2) is 4.73. The zero-order valence-electron chi connectivity index (χ0n) is 9.09. The molecule has 1 nitrogen and oxygen atoms in total. The smallest absolute Gasteiger partial charge is 0.436 e. The van der Waals surface area contributed by atoms with Crippen LogP contribution >= 0.6 is 11.6 Å². The fourth-order valence-electron chi connectivity index (χ4n) is 1.36. The van der Waals surface area contributed by atoms with E-state index in [2.05, 4.69) is 10.8 Å². The highest BCUT2D eigenvalue weighted by atomic mass is 35.5. The second-order valence-electron chi connectivity index (χ2n) is 3.42. The number of rotatable bonds is 2. The van der Waals surface area contributed by atoms with Gasteiger partial charge in [-0.25, -0.2) is 4.39 Å². The monoisotopic (exact) mass is 309 g/mol. The van der Waals surface area contributed by atoms with Gasteiger partial charge in [0.2, 0.25) is 0 Å². The van der Waals surface area contributed by atoms with Crippen molar-refractivity contribution in [1.29, 1.82) is 0 Å². The molecule has 0 saturated heterocycles. The molecule has 1 radical (unpaired) electrons. The first-order valence-electron chi connectivity index (χ1n) is 4.53. The van der Waals surface area contributed by atoms with Gasteiger partial charge in [0.1, 0.15) is 5.75 Å². The van der Waals surface area contributed by atoms with E-state index in [0.29, 0.717) is 6.07 Å². The molecule has 0 saturated carbocycles. The molecule has 0 bridgehead atoms. The lowest BCUT2D eigenvalue weighted by Crippen LogP contribution is -2.50. The Morgan fingerprint density at radius 1 is 1.05 bits per heavy atom. The van der Waals surface area contributed by atoms with E-state index >= 15 is 0 Å². The molecular formula is C10H5ClF7O. The topological polar surface area (TPSA) is 9.23 Å². The number of benzene rings is 1. The number of hydrogen-bond donors (Lipinski definition) is 0. The van der Waals surface area contributed by atoms with E-state index in [1.807, 2.05) is 0 Å². The largest absolute Gasteiger partial charge is 0.496 e. The van der Waals surface area contributed by atoms with Crippen LogP contribution in [0.5, 0.6) is 5.75 Å². The molecule has 0 heterocycles. The first kappa shape index (κ1) is 15.9. The quantitative estimate of drug-likeness (QED) is 0.734. The van der Waals surface area contributed by atoms with Crippen LogP contribution in [0.4, 0.5) is 30.7 Å². The van der Waals surface area contributed by atoms with Gasteiger partial charge in [0, 0.05) is 11.1 Å². The molecule has 0 aromatic heterocycles. The Balaban J connectivity index is 3.65. The van der Waals surface area contributed by atoms with Crippen LogP contribution in [0.1, 0.15) is 5.56 Å². The molecule has 1 rings (SSSR count). The van der Waals surface area contributed by atoms with Crippen molar-refractivity contribution in [2.24, 2.45) is 0 Å². The van der Waals surface area contributed by atoms with Crippen molar-refractivity contribution in [3.8, 4) is 5.75 Å². The van der Waals surface area contributed by atoms with Crippen LogP contribution in [0.2, 0.25) is 5.02 Å². The zero-order chi connectivity index (χ0) is 15.1. The number of hydrogen-bond acceptors (Lipinski definition) is 1. The van der Waals surface area contributed by atoms with Gasteiger partial charge < -0.3 is 4.74 Å². The van der Waals surface area contributed by atoms with Crippen molar-refractivity contribution in [3.63, 3.8) is 0 Å². The van der Waals surface area contributed by atoms with Crippen molar-refractivity contribution in [2.45, 2.75) is 18.0 Å². The summed E-state index contributed by atoms with van der Waals surface area (Å²) in [5.41, 5.74) is -7.34. The lowest BCUT2D eigenvalue weighted by atomic mass is 9.93. The fraction of sp³-hybridized carbons (Fsp3) is 0.400. The third kappa shape index (κ3) is 2.58. The number of methoxy groups -OCH3 is 1. The lowest BCUT2D eigenvalue weighted by Gasteiger charge is -2.31. The summed E-state index contributed by atoms with van der Waals surface area (Å²) in [6.45, 7) is 0. The summed E-state index contributed by atoms with van der Waals surface area (Å²) in [6, 6.07) is 2.89.